The summed E-state index contributed by atoms with van der Waals surface area (Å²) in [6.45, 7) is 0.340. The average Bonchev–Trinajstić information content (AvgIpc) is 2.38. The fraction of sp³-hybridized carbons (Fsp3) is 0.154. The molecule has 0 fully saturated rings. The molecule has 0 atom stereocenters. The number of rotatable bonds is 4. The number of aromatic nitrogens is 1. The van der Waals surface area contributed by atoms with E-state index in [1.807, 2.05) is 24.3 Å². The molecule has 0 aliphatic rings. The van der Waals surface area contributed by atoms with Gasteiger partial charge in [-0.05, 0) is 17.7 Å². The van der Waals surface area contributed by atoms with Crippen molar-refractivity contribution >= 4 is 11.6 Å². The van der Waals surface area contributed by atoms with Crippen LogP contribution in [0.5, 0.6) is 5.88 Å². The second kappa shape index (κ2) is 5.66. The maximum absolute atomic E-state index is 8.99. The summed E-state index contributed by atoms with van der Waals surface area (Å²) in [5.41, 5.74) is 1.68. The van der Waals surface area contributed by atoms with Crippen LogP contribution in [-0.2, 0) is 13.2 Å². The van der Waals surface area contributed by atoms with E-state index in [9.17, 15) is 0 Å². The Hall–Kier alpha value is -1.58. The van der Waals surface area contributed by atoms with Gasteiger partial charge in [-0.25, -0.2) is 4.98 Å². The van der Waals surface area contributed by atoms with Crippen molar-refractivity contribution < 1.29 is 9.84 Å². The van der Waals surface area contributed by atoms with Gasteiger partial charge in [0.1, 0.15) is 6.61 Å². The maximum Gasteiger partial charge on any atom is 0.213 e. The Bertz CT molecular complexity index is 502. The minimum absolute atomic E-state index is 0.0228. The molecule has 0 spiro atoms. The summed E-state index contributed by atoms with van der Waals surface area (Å²) in [6.07, 6.45) is 1.60. The Balaban J connectivity index is 2.05. The van der Waals surface area contributed by atoms with Crippen LogP contribution < -0.4 is 4.74 Å². The standard InChI is InChI=1S/C13H12ClNO2/c14-12-4-2-1-3-11(12)9-17-13-7-10(8-16)5-6-15-13/h1-7,16H,8-9H2. The van der Waals surface area contributed by atoms with Gasteiger partial charge < -0.3 is 9.84 Å². The van der Waals surface area contributed by atoms with Crippen LogP contribution in [0, 0.1) is 0 Å². The summed E-state index contributed by atoms with van der Waals surface area (Å²) in [7, 11) is 0. The fourth-order valence-corrected chi connectivity index (χ4v) is 1.59. The molecule has 1 aromatic carbocycles. The van der Waals surface area contributed by atoms with Crippen LogP contribution in [0.1, 0.15) is 11.1 Å². The van der Waals surface area contributed by atoms with Crippen molar-refractivity contribution in [2.45, 2.75) is 13.2 Å². The molecule has 0 amide bonds. The van der Waals surface area contributed by atoms with Crippen molar-refractivity contribution in [3.8, 4) is 5.88 Å². The molecule has 2 rings (SSSR count). The predicted molar refractivity (Wildman–Crippen MR) is 65.9 cm³/mol. The Morgan fingerprint density at radius 3 is 2.82 bits per heavy atom. The third-order valence-electron chi connectivity index (χ3n) is 2.32. The lowest BCUT2D eigenvalue weighted by Crippen LogP contribution is -1.98. The minimum atomic E-state index is -0.0228. The number of hydrogen-bond acceptors (Lipinski definition) is 3. The van der Waals surface area contributed by atoms with Crippen molar-refractivity contribution in [3.63, 3.8) is 0 Å². The van der Waals surface area contributed by atoms with Crippen LogP contribution in [0.3, 0.4) is 0 Å². The van der Waals surface area contributed by atoms with Gasteiger partial charge in [0.05, 0.1) is 6.61 Å². The van der Waals surface area contributed by atoms with Gasteiger partial charge in [-0.1, -0.05) is 29.8 Å². The highest BCUT2D eigenvalue weighted by Gasteiger charge is 2.01. The highest BCUT2D eigenvalue weighted by Crippen LogP contribution is 2.17. The first kappa shape index (κ1) is 11.9. The lowest BCUT2D eigenvalue weighted by molar-refractivity contribution is 0.275. The number of aliphatic hydroxyl groups is 1. The normalized spacial score (nSPS) is 10.2. The maximum atomic E-state index is 8.99. The number of pyridine rings is 1. The van der Waals surface area contributed by atoms with Gasteiger partial charge in [-0.3, -0.25) is 0 Å². The van der Waals surface area contributed by atoms with Crippen LogP contribution >= 0.6 is 11.6 Å². The summed E-state index contributed by atoms with van der Waals surface area (Å²) in [6, 6.07) is 10.9. The molecular formula is C13H12ClNO2. The van der Waals surface area contributed by atoms with Crippen LogP contribution in [0.15, 0.2) is 42.6 Å². The number of ether oxygens (including phenoxy) is 1. The molecule has 0 unspecified atom stereocenters. The second-order valence-electron chi connectivity index (χ2n) is 3.54. The van der Waals surface area contributed by atoms with Gasteiger partial charge in [-0.2, -0.15) is 0 Å². The summed E-state index contributed by atoms with van der Waals surface area (Å²) in [4.78, 5) is 4.06. The van der Waals surface area contributed by atoms with E-state index < -0.39 is 0 Å². The molecule has 0 saturated heterocycles. The van der Waals surface area contributed by atoms with Crippen molar-refractivity contribution in [1.29, 1.82) is 0 Å². The number of nitrogens with zero attached hydrogens (tertiary/aromatic N) is 1. The molecule has 88 valence electrons. The van der Waals surface area contributed by atoms with Gasteiger partial charge in [0.25, 0.3) is 0 Å². The Labute approximate surface area is 105 Å². The molecule has 0 aliphatic carbocycles. The van der Waals surface area contributed by atoms with E-state index in [1.54, 1.807) is 18.3 Å². The zero-order chi connectivity index (χ0) is 12.1. The van der Waals surface area contributed by atoms with Crippen molar-refractivity contribution in [2.24, 2.45) is 0 Å². The van der Waals surface area contributed by atoms with Gasteiger partial charge >= 0.3 is 0 Å². The lowest BCUT2D eigenvalue weighted by atomic mass is 10.2. The van der Waals surface area contributed by atoms with Crippen LogP contribution in [-0.4, -0.2) is 10.1 Å². The zero-order valence-electron chi connectivity index (χ0n) is 9.14. The van der Waals surface area contributed by atoms with Crippen LogP contribution in [0.25, 0.3) is 0 Å². The first-order valence-electron chi connectivity index (χ1n) is 5.21. The first-order valence-corrected chi connectivity index (χ1v) is 5.59. The quantitative estimate of drug-likeness (QED) is 0.906. The molecule has 2 aromatic rings. The molecule has 1 aromatic heterocycles. The third-order valence-corrected chi connectivity index (χ3v) is 2.68. The van der Waals surface area contributed by atoms with Crippen LogP contribution in [0.2, 0.25) is 5.02 Å². The van der Waals surface area contributed by atoms with Gasteiger partial charge in [0.15, 0.2) is 0 Å². The zero-order valence-corrected chi connectivity index (χ0v) is 9.89. The molecule has 0 bridgehead atoms. The predicted octanol–water partition coefficient (Wildman–Crippen LogP) is 2.81. The molecule has 0 saturated carbocycles. The third kappa shape index (κ3) is 3.19. The van der Waals surface area contributed by atoms with Gasteiger partial charge in [0, 0.05) is 22.8 Å². The number of benzene rings is 1. The number of aliphatic hydroxyl groups excluding tert-OH is 1. The Morgan fingerprint density at radius 1 is 1.24 bits per heavy atom. The van der Waals surface area contributed by atoms with Crippen LogP contribution in [0.4, 0.5) is 0 Å². The van der Waals surface area contributed by atoms with E-state index in [2.05, 4.69) is 4.98 Å². The summed E-state index contributed by atoms with van der Waals surface area (Å²) >= 11 is 6.01. The number of halogens is 1. The summed E-state index contributed by atoms with van der Waals surface area (Å²) in [5.74, 6) is 0.483. The highest BCUT2D eigenvalue weighted by molar-refractivity contribution is 6.31. The Kier molecular flexibility index (Phi) is 3.96. The molecule has 0 radical (unpaired) electrons. The molecule has 3 nitrogen and oxygen atoms in total. The number of hydrogen-bond donors (Lipinski definition) is 1. The molecule has 1 N–H and O–H groups in total. The molecule has 4 heteroatoms. The fourth-order valence-electron chi connectivity index (χ4n) is 1.39. The molecule has 1 heterocycles. The SMILES string of the molecule is OCc1ccnc(OCc2ccccc2Cl)c1. The van der Waals surface area contributed by atoms with Crippen molar-refractivity contribution in [2.75, 3.05) is 0 Å². The topological polar surface area (TPSA) is 42.4 Å². The largest absolute Gasteiger partial charge is 0.473 e. The summed E-state index contributed by atoms with van der Waals surface area (Å²) < 4.78 is 5.51. The first-order chi connectivity index (χ1) is 8.29. The van der Waals surface area contributed by atoms with E-state index in [0.717, 1.165) is 11.1 Å². The second-order valence-corrected chi connectivity index (χ2v) is 3.95. The molecule has 0 aliphatic heterocycles. The van der Waals surface area contributed by atoms with E-state index in [0.29, 0.717) is 17.5 Å². The monoisotopic (exact) mass is 249 g/mol. The van der Waals surface area contributed by atoms with Gasteiger partial charge in [0.2, 0.25) is 5.88 Å². The van der Waals surface area contributed by atoms with E-state index >= 15 is 0 Å². The van der Waals surface area contributed by atoms with E-state index in [4.69, 9.17) is 21.4 Å². The average molecular weight is 250 g/mol. The molecular weight excluding hydrogens is 238 g/mol. The highest BCUT2D eigenvalue weighted by atomic mass is 35.5. The molecule has 17 heavy (non-hydrogen) atoms. The smallest absolute Gasteiger partial charge is 0.213 e. The van der Waals surface area contributed by atoms with Crippen molar-refractivity contribution in [1.82, 2.24) is 4.98 Å². The summed E-state index contributed by atoms with van der Waals surface area (Å²) in [5, 5.41) is 9.66. The van der Waals surface area contributed by atoms with E-state index in [1.165, 1.54) is 0 Å². The van der Waals surface area contributed by atoms with Gasteiger partial charge in [-0.15, -0.1) is 0 Å². The Morgan fingerprint density at radius 2 is 2.06 bits per heavy atom. The van der Waals surface area contributed by atoms with E-state index in [-0.39, 0.29) is 6.61 Å². The van der Waals surface area contributed by atoms with Crippen molar-refractivity contribution in [3.05, 3.63) is 58.7 Å². The lowest BCUT2D eigenvalue weighted by Gasteiger charge is -2.07. The minimum Gasteiger partial charge on any atom is -0.473 e.